The summed E-state index contributed by atoms with van der Waals surface area (Å²) >= 11 is 1.28. The Bertz CT molecular complexity index is 624. The number of aromatic nitrogens is 1. The van der Waals surface area contributed by atoms with Gasteiger partial charge in [0, 0.05) is 16.6 Å². The third-order valence-corrected chi connectivity index (χ3v) is 3.06. The summed E-state index contributed by atoms with van der Waals surface area (Å²) in [6.07, 6.45) is 0.133. The fraction of sp³-hybridized carbons (Fsp3) is 0.0833. The molecule has 2 rings (SSSR count). The highest BCUT2D eigenvalue weighted by molar-refractivity contribution is 7.13. The van der Waals surface area contributed by atoms with E-state index in [0.717, 1.165) is 0 Å². The minimum absolute atomic E-state index is 0.133. The van der Waals surface area contributed by atoms with E-state index in [-0.39, 0.29) is 12.3 Å². The number of hydrogen-bond acceptors (Lipinski definition) is 5. The molecule has 1 aromatic carbocycles. The van der Waals surface area contributed by atoms with E-state index in [9.17, 15) is 9.59 Å². The van der Waals surface area contributed by atoms with Gasteiger partial charge in [0.25, 0.3) is 0 Å². The topological polar surface area (TPSA) is 111 Å². The first kappa shape index (κ1) is 13.0. The van der Waals surface area contributed by atoms with Crippen LogP contribution in [0.2, 0.25) is 0 Å². The predicted octanol–water partition coefficient (Wildman–Crippen LogP) is 1.01. The third-order valence-electron chi connectivity index (χ3n) is 2.34. The predicted molar refractivity (Wildman–Crippen MR) is 73.8 cm³/mol. The smallest absolute Gasteiger partial charge is 0.248 e. The molecule has 19 heavy (non-hydrogen) atoms. The molecule has 0 spiro atoms. The fourth-order valence-corrected chi connectivity index (χ4v) is 2.09. The van der Waals surface area contributed by atoms with Crippen molar-refractivity contribution in [1.29, 1.82) is 0 Å². The zero-order valence-electron chi connectivity index (χ0n) is 9.92. The van der Waals surface area contributed by atoms with Gasteiger partial charge in [-0.2, -0.15) is 0 Å². The summed E-state index contributed by atoms with van der Waals surface area (Å²) in [6.45, 7) is 0. The minimum Gasteiger partial charge on any atom is -0.375 e. The molecule has 2 aromatic rings. The number of anilines is 2. The first-order valence-corrected chi connectivity index (χ1v) is 6.32. The maximum absolute atomic E-state index is 11.8. The van der Waals surface area contributed by atoms with Crippen LogP contribution in [0, 0.1) is 0 Å². The van der Waals surface area contributed by atoms with Gasteiger partial charge >= 0.3 is 0 Å². The van der Waals surface area contributed by atoms with Crippen molar-refractivity contribution in [2.45, 2.75) is 6.42 Å². The zero-order valence-corrected chi connectivity index (χ0v) is 10.7. The lowest BCUT2D eigenvalue weighted by Crippen LogP contribution is -2.16. The van der Waals surface area contributed by atoms with Crippen molar-refractivity contribution in [2.24, 2.45) is 5.73 Å². The Kier molecular flexibility index (Phi) is 3.76. The number of rotatable bonds is 4. The van der Waals surface area contributed by atoms with Crippen LogP contribution in [0.4, 0.5) is 10.8 Å². The molecule has 98 valence electrons. The molecular formula is C12H12N4O2S. The van der Waals surface area contributed by atoms with E-state index in [0.29, 0.717) is 22.1 Å². The monoisotopic (exact) mass is 276 g/mol. The number of thiazole rings is 1. The Morgan fingerprint density at radius 1 is 1.37 bits per heavy atom. The highest BCUT2D eigenvalue weighted by atomic mass is 32.1. The van der Waals surface area contributed by atoms with Gasteiger partial charge in [0.2, 0.25) is 11.8 Å². The van der Waals surface area contributed by atoms with E-state index < -0.39 is 5.91 Å². The molecule has 1 heterocycles. The summed E-state index contributed by atoms with van der Waals surface area (Å²) < 4.78 is 0. The van der Waals surface area contributed by atoms with Crippen molar-refractivity contribution in [1.82, 2.24) is 4.98 Å². The summed E-state index contributed by atoms with van der Waals surface area (Å²) in [4.78, 5) is 26.8. The van der Waals surface area contributed by atoms with Crippen LogP contribution in [-0.2, 0) is 11.2 Å². The number of benzene rings is 1. The van der Waals surface area contributed by atoms with Crippen LogP contribution >= 0.6 is 11.3 Å². The molecule has 0 fully saturated rings. The number of primary amides is 1. The average molecular weight is 276 g/mol. The number of carbonyl (C=O) groups excluding carboxylic acids is 2. The first-order valence-electron chi connectivity index (χ1n) is 5.44. The maximum Gasteiger partial charge on any atom is 0.248 e. The zero-order chi connectivity index (χ0) is 13.8. The number of hydrogen-bond donors (Lipinski definition) is 3. The highest BCUT2D eigenvalue weighted by Crippen LogP contribution is 2.13. The van der Waals surface area contributed by atoms with Crippen molar-refractivity contribution >= 4 is 34.0 Å². The second-order valence-electron chi connectivity index (χ2n) is 3.85. The molecule has 6 nitrogen and oxygen atoms in total. The lowest BCUT2D eigenvalue weighted by molar-refractivity contribution is -0.115. The quantitative estimate of drug-likeness (QED) is 0.773. The van der Waals surface area contributed by atoms with Gasteiger partial charge in [-0.15, -0.1) is 11.3 Å². The molecule has 7 heteroatoms. The Labute approximate surface area is 113 Å². The van der Waals surface area contributed by atoms with Crippen LogP contribution in [-0.4, -0.2) is 16.8 Å². The summed E-state index contributed by atoms with van der Waals surface area (Å²) in [5.41, 5.74) is 12.1. The van der Waals surface area contributed by atoms with E-state index in [2.05, 4.69) is 10.3 Å². The second kappa shape index (κ2) is 5.49. The van der Waals surface area contributed by atoms with E-state index >= 15 is 0 Å². The average Bonchev–Trinajstić information content (AvgIpc) is 2.74. The van der Waals surface area contributed by atoms with Gasteiger partial charge in [-0.3, -0.25) is 9.59 Å². The lowest BCUT2D eigenvalue weighted by atomic mass is 10.2. The van der Waals surface area contributed by atoms with E-state index in [4.69, 9.17) is 11.5 Å². The molecule has 0 saturated heterocycles. The molecule has 0 aliphatic heterocycles. The molecule has 0 radical (unpaired) electrons. The number of carbonyl (C=O) groups is 2. The SMILES string of the molecule is NC(=O)c1cccc(NC(=O)Cc2csc(N)n2)c1. The number of nitrogen functional groups attached to an aromatic ring is 1. The van der Waals surface area contributed by atoms with Gasteiger partial charge in [0.1, 0.15) is 0 Å². The molecule has 0 bridgehead atoms. The molecule has 0 atom stereocenters. The van der Waals surface area contributed by atoms with E-state index in [1.165, 1.54) is 17.4 Å². The fourth-order valence-electron chi connectivity index (χ4n) is 1.52. The number of amides is 2. The van der Waals surface area contributed by atoms with Crippen LogP contribution in [0.1, 0.15) is 16.1 Å². The van der Waals surface area contributed by atoms with Crippen LogP contribution < -0.4 is 16.8 Å². The Morgan fingerprint density at radius 3 is 2.79 bits per heavy atom. The van der Waals surface area contributed by atoms with Crippen molar-refractivity contribution < 1.29 is 9.59 Å². The molecule has 0 aliphatic rings. The molecular weight excluding hydrogens is 264 g/mol. The Morgan fingerprint density at radius 2 is 2.16 bits per heavy atom. The standard InChI is InChI=1S/C12H12N4O2S/c13-11(18)7-2-1-3-8(4-7)15-10(17)5-9-6-19-12(14)16-9/h1-4,6H,5H2,(H2,13,18)(H2,14,16)(H,15,17). The summed E-state index contributed by atoms with van der Waals surface area (Å²) in [6, 6.07) is 6.44. The molecule has 1 aromatic heterocycles. The molecule has 0 aliphatic carbocycles. The number of nitrogens with zero attached hydrogens (tertiary/aromatic N) is 1. The van der Waals surface area contributed by atoms with E-state index in [1.54, 1.807) is 23.6 Å². The van der Waals surface area contributed by atoms with Crippen LogP contribution in [0.25, 0.3) is 0 Å². The van der Waals surface area contributed by atoms with Crippen molar-refractivity contribution in [3.63, 3.8) is 0 Å². The summed E-state index contributed by atoms with van der Waals surface area (Å²) in [7, 11) is 0. The van der Waals surface area contributed by atoms with Crippen LogP contribution in [0.3, 0.4) is 0 Å². The molecule has 5 N–H and O–H groups in total. The summed E-state index contributed by atoms with van der Waals surface area (Å²) in [5.74, 6) is -0.768. The van der Waals surface area contributed by atoms with Gasteiger partial charge in [-0.25, -0.2) is 4.98 Å². The largest absolute Gasteiger partial charge is 0.375 e. The van der Waals surface area contributed by atoms with Crippen molar-refractivity contribution in [3.05, 3.63) is 40.9 Å². The molecule has 0 unspecified atom stereocenters. The third kappa shape index (κ3) is 3.52. The Balaban J connectivity index is 2.02. The van der Waals surface area contributed by atoms with Gasteiger partial charge < -0.3 is 16.8 Å². The normalized spacial score (nSPS) is 10.1. The summed E-state index contributed by atoms with van der Waals surface area (Å²) in [5, 5.41) is 4.83. The highest BCUT2D eigenvalue weighted by Gasteiger charge is 2.08. The molecule has 0 saturated carbocycles. The van der Waals surface area contributed by atoms with Crippen molar-refractivity contribution in [3.8, 4) is 0 Å². The number of nitrogens with one attached hydrogen (secondary N) is 1. The van der Waals surface area contributed by atoms with Crippen molar-refractivity contribution in [2.75, 3.05) is 11.1 Å². The second-order valence-corrected chi connectivity index (χ2v) is 4.74. The van der Waals surface area contributed by atoms with Crippen LogP contribution in [0.15, 0.2) is 29.6 Å². The Hall–Kier alpha value is -2.41. The van der Waals surface area contributed by atoms with Crippen LogP contribution in [0.5, 0.6) is 0 Å². The maximum atomic E-state index is 11.8. The lowest BCUT2D eigenvalue weighted by Gasteiger charge is -2.05. The van der Waals surface area contributed by atoms with E-state index in [1.807, 2.05) is 0 Å². The van der Waals surface area contributed by atoms with Gasteiger partial charge in [0.05, 0.1) is 12.1 Å². The van der Waals surface area contributed by atoms with Gasteiger partial charge in [0.15, 0.2) is 5.13 Å². The molecule has 2 amide bonds. The van der Waals surface area contributed by atoms with Gasteiger partial charge in [-0.05, 0) is 18.2 Å². The minimum atomic E-state index is -0.539. The van der Waals surface area contributed by atoms with Gasteiger partial charge in [-0.1, -0.05) is 6.07 Å². The number of nitrogens with two attached hydrogens (primary N) is 2. The first-order chi connectivity index (χ1) is 9.04.